The van der Waals surface area contributed by atoms with Gasteiger partial charge in [-0.2, -0.15) is 11.3 Å². The number of rotatable bonds is 5. The molecule has 0 saturated heterocycles. The summed E-state index contributed by atoms with van der Waals surface area (Å²) in [4.78, 5) is 0. The highest BCUT2D eigenvalue weighted by Crippen LogP contribution is 2.26. The summed E-state index contributed by atoms with van der Waals surface area (Å²) in [5.74, 6) is 0.185. The van der Waals surface area contributed by atoms with Crippen molar-refractivity contribution in [3.05, 3.63) is 22.4 Å². The van der Waals surface area contributed by atoms with E-state index in [1.165, 1.54) is 0 Å². The van der Waals surface area contributed by atoms with Gasteiger partial charge in [-0.1, -0.05) is 26.7 Å². The van der Waals surface area contributed by atoms with Gasteiger partial charge in [-0.3, -0.25) is 0 Å². The van der Waals surface area contributed by atoms with Gasteiger partial charge < -0.3 is 10.2 Å². The first kappa shape index (κ1) is 11.7. The van der Waals surface area contributed by atoms with E-state index < -0.39 is 12.2 Å². The molecule has 0 amide bonds. The lowest BCUT2D eigenvalue weighted by Crippen LogP contribution is -2.26. The molecule has 0 aliphatic heterocycles. The monoisotopic (exact) mass is 214 g/mol. The minimum Gasteiger partial charge on any atom is -0.390 e. The Morgan fingerprint density at radius 3 is 2.36 bits per heavy atom. The Hall–Kier alpha value is -0.380. The second kappa shape index (κ2) is 5.49. The first-order chi connectivity index (χ1) is 6.70. The molecule has 0 radical (unpaired) electrons. The van der Waals surface area contributed by atoms with E-state index >= 15 is 0 Å². The van der Waals surface area contributed by atoms with E-state index in [9.17, 15) is 10.2 Å². The predicted molar refractivity (Wildman–Crippen MR) is 59.4 cm³/mol. The highest BCUT2D eigenvalue weighted by atomic mass is 32.1. The van der Waals surface area contributed by atoms with Gasteiger partial charge in [0.25, 0.3) is 0 Å². The van der Waals surface area contributed by atoms with Crippen molar-refractivity contribution < 1.29 is 10.2 Å². The highest BCUT2D eigenvalue weighted by molar-refractivity contribution is 7.07. The van der Waals surface area contributed by atoms with Gasteiger partial charge in [0.2, 0.25) is 0 Å². The SMILES string of the molecule is CCC(CC)C(O)C(O)c1ccsc1. The van der Waals surface area contributed by atoms with Gasteiger partial charge >= 0.3 is 0 Å². The fourth-order valence-corrected chi connectivity index (χ4v) is 2.36. The van der Waals surface area contributed by atoms with Crippen molar-refractivity contribution in [2.45, 2.75) is 38.9 Å². The quantitative estimate of drug-likeness (QED) is 0.791. The Morgan fingerprint density at radius 1 is 1.29 bits per heavy atom. The fourth-order valence-electron chi connectivity index (χ4n) is 1.67. The van der Waals surface area contributed by atoms with Crippen molar-refractivity contribution in [3.8, 4) is 0 Å². The molecule has 0 spiro atoms. The number of thiophene rings is 1. The minimum atomic E-state index is -0.730. The molecule has 0 aliphatic carbocycles. The van der Waals surface area contributed by atoms with Crippen LogP contribution in [0.4, 0.5) is 0 Å². The summed E-state index contributed by atoms with van der Waals surface area (Å²) in [6, 6.07) is 1.86. The zero-order chi connectivity index (χ0) is 10.6. The standard InChI is InChI=1S/C11H18O2S/c1-3-8(4-2)10(12)11(13)9-5-6-14-7-9/h5-8,10-13H,3-4H2,1-2H3. The van der Waals surface area contributed by atoms with Crippen LogP contribution < -0.4 is 0 Å². The molecule has 1 aromatic heterocycles. The van der Waals surface area contributed by atoms with Crippen LogP contribution in [0.15, 0.2) is 16.8 Å². The molecule has 2 unspecified atom stereocenters. The Bertz CT molecular complexity index is 242. The Balaban J connectivity index is 2.64. The van der Waals surface area contributed by atoms with E-state index in [0.717, 1.165) is 18.4 Å². The average molecular weight is 214 g/mol. The van der Waals surface area contributed by atoms with Crippen LogP contribution in [-0.2, 0) is 0 Å². The van der Waals surface area contributed by atoms with Crippen molar-refractivity contribution in [2.75, 3.05) is 0 Å². The van der Waals surface area contributed by atoms with Gasteiger partial charge in [0.1, 0.15) is 6.10 Å². The fraction of sp³-hybridized carbons (Fsp3) is 0.636. The van der Waals surface area contributed by atoms with Gasteiger partial charge in [0.15, 0.2) is 0 Å². The number of aliphatic hydroxyl groups excluding tert-OH is 2. The van der Waals surface area contributed by atoms with E-state index in [2.05, 4.69) is 0 Å². The van der Waals surface area contributed by atoms with Crippen LogP contribution in [-0.4, -0.2) is 16.3 Å². The van der Waals surface area contributed by atoms with Gasteiger partial charge in [0.05, 0.1) is 6.10 Å². The maximum absolute atomic E-state index is 9.90. The maximum atomic E-state index is 9.90. The zero-order valence-electron chi connectivity index (χ0n) is 8.68. The first-order valence-electron chi connectivity index (χ1n) is 5.08. The van der Waals surface area contributed by atoms with E-state index in [1.54, 1.807) is 11.3 Å². The third kappa shape index (κ3) is 2.56. The summed E-state index contributed by atoms with van der Waals surface area (Å²) in [5.41, 5.74) is 0.828. The normalized spacial score (nSPS) is 15.8. The van der Waals surface area contributed by atoms with Crippen LogP contribution in [0.1, 0.15) is 38.4 Å². The van der Waals surface area contributed by atoms with Gasteiger partial charge in [-0.15, -0.1) is 0 Å². The van der Waals surface area contributed by atoms with Crippen molar-refractivity contribution in [2.24, 2.45) is 5.92 Å². The zero-order valence-corrected chi connectivity index (χ0v) is 9.50. The summed E-state index contributed by atoms with van der Waals surface area (Å²) in [6.45, 7) is 4.08. The predicted octanol–water partition coefficient (Wildman–Crippen LogP) is 2.58. The first-order valence-corrected chi connectivity index (χ1v) is 6.03. The second-order valence-corrected chi connectivity index (χ2v) is 4.35. The molecular formula is C11H18O2S. The van der Waals surface area contributed by atoms with Crippen molar-refractivity contribution in [1.29, 1.82) is 0 Å². The van der Waals surface area contributed by atoms with Gasteiger partial charge in [-0.05, 0) is 28.3 Å². The lowest BCUT2D eigenvalue weighted by molar-refractivity contribution is -0.0207. The average Bonchev–Trinajstić information content (AvgIpc) is 2.71. The molecular weight excluding hydrogens is 196 g/mol. The third-order valence-electron chi connectivity index (χ3n) is 2.74. The topological polar surface area (TPSA) is 40.5 Å². The largest absolute Gasteiger partial charge is 0.390 e. The van der Waals surface area contributed by atoms with Crippen LogP contribution >= 0.6 is 11.3 Å². The van der Waals surface area contributed by atoms with Crippen molar-refractivity contribution in [1.82, 2.24) is 0 Å². The van der Waals surface area contributed by atoms with E-state index in [-0.39, 0.29) is 5.92 Å². The number of hydrogen-bond donors (Lipinski definition) is 2. The summed E-state index contributed by atoms with van der Waals surface area (Å²) in [6.07, 6.45) is 0.434. The van der Waals surface area contributed by atoms with Crippen molar-refractivity contribution in [3.63, 3.8) is 0 Å². The molecule has 2 N–H and O–H groups in total. The van der Waals surface area contributed by atoms with Gasteiger partial charge in [0, 0.05) is 0 Å². The smallest absolute Gasteiger partial charge is 0.106 e. The summed E-state index contributed by atoms with van der Waals surface area (Å²) in [5, 5.41) is 23.6. The molecule has 2 nitrogen and oxygen atoms in total. The molecule has 1 aromatic rings. The van der Waals surface area contributed by atoms with E-state index in [4.69, 9.17) is 0 Å². The molecule has 0 aliphatic rings. The molecule has 2 atom stereocenters. The second-order valence-electron chi connectivity index (χ2n) is 3.57. The molecule has 1 heterocycles. The molecule has 80 valence electrons. The summed E-state index contributed by atoms with van der Waals surface area (Å²) in [7, 11) is 0. The molecule has 1 rings (SSSR count). The number of hydrogen-bond acceptors (Lipinski definition) is 3. The Morgan fingerprint density at radius 2 is 1.93 bits per heavy atom. The molecule has 14 heavy (non-hydrogen) atoms. The maximum Gasteiger partial charge on any atom is 0.106 e. The van der Waals surface area contributed by atoms with Crippen LogP contribution in [0.5, 0.6) is 0 Å². The Labute approximate surface area is 89.2 Å². The third-order valence-corrected chi connectivity index (χ3v) is 3.44. The summed E-state index contributed by atoms with van der Waals surface area (Å²) < 4.78 is 0. The molecule has 0 bridgehead atoms. The lowest BCUT2D eigenvalue weighted by Gasteiger charge is -2.24. The van der Waals surface area contributed by atoms with Crippen molar-refractivity contribution >= 4 is 11.3 Å². The van der Waals surface area contributed by atoms with Crippen LogP contribution in [0.2, 0.25) is 0 Å². The van der Waals surface area contributed by atoms with E-state index in [0.29, 0.717) is 0 Å². The lowest BCUT2D eigenvalue weighted by atomic mass is 9.91. The summed E-state index contributed by atoms with van der Waals surface area (Å²) >= 11 is 1.54. The number of aliphatic hydroxyl groups is 2. The van der Waals surface area contributed by atoms with Crippen LogP contribution in [0, 0.1) is 5.92 Å². The van der Waals surface area contributed by atoms with Crippen LogP contribution in [0.3, 0.4) is 0 Å². The van der Waals surface area contributed by atoms with E-state index in [1.807, 2.05) is 30.7 Å². The molecule has 3 heteroatoms. The molecule has 0 aromatic carbocycles. The molecule has 0 saturated carbocycles. The van der Waals surface area contributed by atoms with Gasteiger partial charge in [-0.25, -0.2) is 0 Å². The highest BCUT2D eigenvalue weighted by Gasteiger charge is 2.24. The van der Waals surface area contributed by atoms with Crippen LogP contribution in [0.25, 0.3) is 0 Å². The molecule has 0 fully saturated rings. The Kier molecular flexibility index (Phi) is 4.58. The minimum absolute atomic E-state index is 0.185.